The molecule has 0 aliphatic carbocycles. The molecular weight excluding hydrogens is 234 g/mol. The van der Waals surface area contributed by atoms with Crippen molar-refractivity contribution in [3.8, 4) is 5.75 Å². The van der Waals surface area contributed by atoms with Crippen LogP contribution >= 0.6 is 0 Å². The molecule has 2 unspecified atom stereocenters. The number of hydrogen-bond acceptors (Lipinski definition) is 2. The van der Waals surface area contributed by atoms with Gasteiger partial charge < -0.3 is 10.1 Å². The van der Waals surface area contributed by atoms with Gasteiger partial charge in [-0.1, -0.05) is 45.4 Å². The lowest BCUT2D eigenvalue weighted by atomic mass is 9.87. The lowest BCUT2D eigenvalue weighted by molar-refractivity contribution is 0.386. The van der Waals surface area contributed by atoms with E-state index in [-0.39, 0.29) is 0 Å². The van der Waals surface area contributed by atoms with Crippen molar-refractivity contribution in [2.75, 3.05) is 20.2 Å². The second kappa shape index (κ2) is 7.54. The van der Waals surface area contributed by atoms with E-state index in [0.717, 1.165) is 18.8 Å². The van der Waals surface area contributed by atoms with E-state index in [1.54, 1.807) is 7.11 Å². The van der Waals surface area contributed by atoms with E-state index in [9.17, 15) is 0 Å². The highest BCUT2D eigenvalue weighted by molar-refractivity contribution is 5.39. The van der Waals surface area contributed by atoms with Gasteiger partial charge >= 0.3 is 0 Å². The van der Waals surface area contributed by atoms with Gasteiger partial charge in [-0.25, -0.2) is 0 Å². The predicted molar refractivity (Wildman–Crippen MR) is 83.0 cm³/mol. The summed E-state index contributed by atoms with van der Waals surface area (Å²) in [5, 5.41) is 3.55. The van der Waals surface area contributed by atoms with Gasteiger partial charge in [0.25, 0.3) is 0 Å². The second-order valence-electron chi connectivity index (χ2n) is 6.06. The zero-order valence-corrected chi connectivity index (χ0v) is 13.3. The van der Waals surface area contributed by atoms with E-state index in [1.165, 1.54) is 11.1 Å². The quantitative estimate of drug-likeness (QED) is 0.803. The van der Waals surface area contributed by atoms with E-state index < -0.39 is 0 Å². The predicted octanol–water partition coefficient (Wildman–Crippen LogP) is 3.99. The molecule has 0 amide bonds. The molecule has 0 heterocycles. The third-order valence-electron chi connectivity index (χ3n) is 3.75. The normalized spacial score (nSPS) is 14.5. The largest absolute Gasteiger partial charge is 0.496 e. The van der Waals surface area contributed by atoms with Crippen LogP contribution in [0.2, 0.25) is 0 Å². The number of ether oxygens (including phenoxy) is 1. The molecule has 2 nitrogen and oxygen atoms in total. The van der Waals surface area contributed by atoms with Crippen molar-refractivity contribution in [2.45, 2.75) is 40.5 Å². The van der Waals surface area contributed by atoms with Crippen LogP contribution in [-0.4, -0.2) is 20.2 Å². The molecule has 108 valence electrons. The Morgan fingerprint density at radius 3 is 2.37 bits per heavy atom. The SMILES string of the molecule is COc1ccc(C)cc1C(C)C(C)CNCC(C)C. The Labute approximate surface area is 118 Å². The zero-order chi connectivity index (χ0) is 14.4. The molecule has 1 aromatic carbocycles. The van der Waals surface area contributed by atoms with E-state index in [4.69, 9.17) is 4.74 Å². The van der Waals surface area contributed by atoms with Crippen LogP contribution in [-0.2, 0) is 0 Å². The maximum Gasteiger partial charge on any atom is 0.122 e. The first-order valence-electron chi connectivity index (χ1n) is 7.31. The van der Waals surface area contributed by atoms with Gasteiger partial charge in [0.15, 0.2) is 0 Å². The van der Waals surface area contributed by atoms with E-state index in [0.29, 0.717) is 17.8 Å². The molecule has 2 atom stereocenters. The average molecular weight is 263 g/mol. The monoisotopic (exact) mass is 263 g/mol. The molecular formula is C17H29NO. The molecule has 0 saturated heterocycles. The Bertz CT molecular complexity index is 387. The van der Waals surface area contributed by atoms with E-state index >= 15 is 0 Å². The van der Waals surface area contributed by atoms with Crippen LogP contribution in [0.15, 0.2) is 18.2 Å². The maximum atomic E-state index is 5.49. The Balaban J connectivity index is 2.70. The van der Waals surface area contributed by atoms with E-state index in [1.807, 2.05) is 0 Å². The summed E-state index contributed by atoms with van der Waals surface area (Å²) in [6.07, 6.45) is 0. The number of methoxy groups -OCH3 is 1. The van der Waals surface area contributed by atoms with Crippen molar-refractivity contribution in [2.24, 2.45) is 11.8 Å². The fourth-order valence-corrected chi connectivity index (χ4v) is 2.29. The van der Waals surface area contributed by atoms with Crippen molar-refractivity contribution < 1.29 is 4.74 Å². The lowest BCUT2D eigenvalue weighted by Crippen LogP contribution is -2.27. The lowest BCUT2D eigenvalue weighted by Gasteiger charge is -2.23. The molecule has 1 rings (SSSR count). The first-order valence-corrected chi connectivity index (χ1v) is 7.31. The first-order chi connectivity index (χ1) is 8.95. The smallest absolute Gasteiger partial charge is 0.122 e. The Morgan fingerprint density at radius 2 is 1.79 bits per heavy atom. The fraction of sp³-hybridized carbons (Fsp3) is 0.647. The number of benzene rings is 1. The summed E-state index contributed by atoms with van der Waals surface area (Å²) in [7, 11) is 1.75. The summed E-state index contributed by atoms with van der Waals surface area (Å²) in [6.45, 7) is 13.4. The minimum absolute atomic E-state index is 0.495. The zero-order valence-electron chi connectivity index (χ0n) is 13.3. The summed E-state index contributed by atoms with van der Waals surface area (Å²) in [6, 6.07) is 6.44. The van der Waals surface area contributed by atoms with Crippen LogP contribution in [0.4, 0.5) is 0 Å². The van der Waals surface area contributed by atoms with Crippen molar-refractivity contribution in [1.82, 2.24) is 5.32 Å². The van der Waals surface area contributed by atoms with Gasteiger partial charge in [0, 0.05) is 0 Å². The molecule has 0 spiro atoms. The number of aryl methyl sites for hydroxylation is 1. The Morgan fingerprint density at radius 1 is 1.11 bits per heavy atom. The summed E-state index contributed by atoms with van der Waals surface area (Å²) >= 11 is 0. The van der Waals surface area contributed by atoms with Crippen molar-refractivity contribution in [3.63, 3.8) is 0 Å². The van der Waals surface area contributed by atoms with Crippen LogP contribution in [0.3, 0.4) is 0 Å². The third-order valence-corrected chi connectivity index (χ3v) is 3.75. The van der Waals surface area contributed by atoms with Crippen molar-refractivity contribution in [1.29, 1.82) is 0 Å². The van der Waals surface area contributed by atoms with Gasteiger partial charge in [-0.3, -0.25) is 0 Å². The molecule has 0 aliphatic rings. The van der Waals surface area contributed by atoms with Crippen molar-refractivity contribution in [3.05, 3.63) is 29.3 Å². The Hall–Kier alpha value is -1.02. The van der Waals surface area contributed by atoms with Gasteiger partial charge in [0.1, 0.15) is 5.75 Å². The second-order valence-corrected chi connectivity index (χ2v) is 6.06. The molecule has 0 saturated carbocycles. The highest BCUT2D eigenvalue weighted by atomic mass is 16.5. The number of nitrogens with one attached hydrogen (secondary N) is 1. The first kappa shape index (κ1) is 16.0. The summed E-state index contributed by atoms with van der Waals surface area (Å²) in [5.74, 6) is 2.80. The molecule has 1 aromatic rings. The number of rotatable bonds is 7. The van der Waals surface area contributed by atoms with Crippen molar-refractivity contribution >= 4 is 0 Å². The van der Waals surface area contributed by atoms with Crippen LogP contribution in [0.1, 0.15) is 44.7 Å². The van der Waals surface area contributed by atoms with E-state index in [2.05, 4.69) is 58.1 Å². The van der Waals surface area contributed by atoms with Gasteiger partial charge in [-0.2, -0.15) is 0 Å². The molecule has 0 fully saturated rings. The van der Waals surface area contributed by atoms with Crippen LogP contribution < -0.4 is 10.1 Å². The molecule has 0 radical (unpaired) electrons. The topological polar surface area (TPSA) is 21.3 Å². The fourth-order valence-electron chi connectivity index (χ4n) is 2.29. The highest BCUT2D eigenvalue weighted by Crippen LogP contribution is 2.32. The summed E-state index contributed by atoms with van der Waals surface area (Å²) in [5.41, 5.74) is 2.62. The van der Waals surface area contributed by atoms with Crippen LogP contribution in [0, 0.1) is 18.8 Å². The standard InChI is InChI=1S/C17H29NO/c1-12(2)10-18-11-14(4)15(5)16-9-13(3)7-8-17(16)19-6/h7-9,12,14-15,18H,10-11H2,1-6H3. The third kappa shape index (κ3) is 4.87. The molecule has 2 heteroatoms. The summed E-state index contributed by atoms with van der Waals surface area (Å²) < 4.78 is 5.49. The molecule has 0 bridgehead atoms. The summed E-state index contributed by atoms with van der Waals surface area (Å²) in [4.78, 5) is 0. The van der Waals surface area contributed by atoms with Crippen LogP contribution in [0.25, 0.3) is 0 Å². The molecule has 1 N–H and O–H groups in total. The minimum Gasteiger partial charge on any atom is -0.496 e. The van der Waals surface area contributed by atoms with Gasteiger partial charge in [-0.05, 0) is 49.4 Å². The number of hydrogen-bond donors (Lipinski definition) is 1. The van der Waals surface area contributed by atoms with Gasteiger partial charge in [-0.15, -0.1) is 0 Å². The minimum atomic E-state index is 0.495. The molecule has 0 aromatic heterocycles. The molecule has 0 aliphatic heterocycles. The van der Waals surface area contributed by atoms with Gasteiger partial charge in [0.05, 0.1) is 7.11 Å². The maximum absolute atomic E-state index is 5.49. The highest BCUT2D eigenvalue weighted by Gasteiger charge is 2.18. The van der Waals surface area contributed by atoms with Gasteiger partial charge in [0.2, 0.25) is 0 Å². The average Bonchev–Trinajstić information content (AvgIpc) is 2.37. The van der Waals surface area contributed by atoms with Crippen LogP contribution in [0.5, 0.6) is 5.75 Å². The molecule has 19 heavy (non-hydrogen) atoms. The Kier molecular flexibility index (Phi) is 6.36.